The lowest BCUT2D eigenvalue weighted by molar-refractivity contribution is -0.111. The minimum atomic E-state index is 0.161. The number of methoxy groups -OCH3 is 1. The fraction of sp³-hybridized carbons (Fsp3) is 0.500. The molecule has 1 atom stereocenters. The van der Waals surface area contributed by atoms with E-state index in [4.69, 9.17) is 4.74 Å². The maximum Gasteiger partial charge on any atom is 0.123 e. The van der Waals surface area contributed by atoms with Crippen molar-refractivity contribution in [2.75, 3.05) is 7.11 Å². The van der Waals surface area contributed by atoms with Crippen molar-refractivity contribution >= 4 is 6.29 Å². The molecule has 0 saturated heterocycles. The van der Waals surface area contributed by atoms with Crippen molar-refractivity contribution in [2.45, 2.75) is 32.6 Å². The van der Waals surface area contributed by atoms with Crippen LogP contribution in [0.25, 0.3) is 0 Å². The molecule has 1 rings (SSSR count). The highest BCUT2D eigenvalue weighted by Crippen LogP contribution is 2.16. The summed E-state index contributed by atoms with van der Waals surface area (Å²) in [5, 5.41) is 0. The second-order valence-electron chi connectivity index (χ2n) is 4.09. The van der Waals surface area contributed by atoms with Crippen LogP contribution in [0.15, 0.2) is 24.3 Å². The van der Waals surface area contributed by atoms with E-state index in [2.05, 4.69) is 6.92 Å². The van der Waals surface area contributed by atoms with Crippen LogP contribution in [-0.4, -0.2) is 13.4 Å². The van der Waals surface area contributed by atoms with Crippen LogP contribution >= 0.6 is 0 Å². The van der Waals surface area contributed by atoms with Gasteiger partial charge < -0.3 is 9.53 Å². The molecule has 0 N–H and O–H groups in total. The number of carbonyl (C=O) groups excluding carboxylic acids is 1. The van der Waals surface area contributed by atoms with E-state index in [0.717, 1.165) is 37.7 Å². The molecular weight excluding hydrogens is 200 g/mol. The predicted octanol–water partition coefficient (Wildman–Crippen LogP) is 3.24. The van der Waals surface area contributed by atoms with E-state index in [9.17, 15) is 4.79 Å². The normalized spacial score (nSPS) is 12.1. The Labute approximate surface area is 97.6 Å². The molecule has 1 unspecified atom stereocenters. The Morgan fingerprint density at radius 1 is 1.31 bits per heavy atom. The number of hydrogen-bond donors (Lipinski definition) is 0. The van der Waals surface area contributed by atoms with Crippen LogP contribution in [0, 0.1) is 5.92 Å². The van der Waals surface area contributed by atoms with Crippen molar-refractivity contribution < 1.29 is 9.53 Å². The topological polar surface area (TPSA) is 26.3 Å². The fourth-order valence-corrected chi connectivity index (χ4v) is 1.75. The Balaban J connectivity index is 2.52. The number of hydrogen-bond acceptors (Lipinski definition) is 2. The van der Waals surface area contributed by atoms with Crippen molar-refractivity contribution in [3.63, 3.8) is 0 Å². The smallest absolute Gasteiger partial charge is 0.123 e. The Morgan fingerprint density at radius 2 is 2.00 bits per heavy atom. The van der Waals surface area contributed by atoms with Gasteiger partial charge in [-0.25, -0.2) is 0 Å². The SMILES string of the molecule is CCCCC(C=O)Cc1ccc(OC)cc1. The first-order chi connectivity index (χ1) is 7.80. The van der Waals surface area contributed by atoms with Gasteiger partial charge in [0.2, 0.25) is 0 Å². The summed E-state index contributed by atoms with van der Waals surface area (Å²) in [7, 11) is 1.66. The zero-order valence-corrected chi connectivity index (χ0v) is 10.1. The number of unbranched alkanes of at least 4 members (excludes halogenated alkanes) is 1. The Bertz CT molecular complexity index is 303. The van der Waals surface area contributed by atoms with E-state index in [-0.39, 0.29) is 5.92 Å². The van der Waals surface area contributed by atoms with Gasteiger partial charge in [0.25, 0.3) is 0 Å². The van der Waals surface area contributed by atoms with Crippen molar-refractivity contribution in [2.24, 2.45) is 5.92 Å². The van der Waals surface area contributed by atoms with E-state index in [1.807, 2.05) is 24.3 Å². The molecule has 0 aliphatic rings. The lowest BCUT2D eigenvalue weighted by Gasteiger charge is -2.09. The summed E-state index contributed by atoms with van der Waals surface area (Å²) >= 11 is 0. The minimum Gasteiger partial charge on any atom is -0.497 e. The van der Waals surface area contributed by atoms with Gasteiger partial charge in [0, 0.05) is 5.92 Å². The van der Waals surface area contributed by atoms with E-state index in [1.165, 1.54) is 5.56 Å². The van der Waals surface area contributed by atoms with Gasteiger partial charge in [-0.2, -0.15) is 0 Å². The number of ether oxygens (including phenoxy) is 1. The third-order valence-corrected chi connectivity index (χ3v) is 2.78. The number of carbonyl (C=O) groups is 1. The molecule has 2 heteroatoms. The van der Waals surface area contributed by atoms with Crippen LogP contribution in [0.5, 0.6) is 5.75 Å². The lowest BCUT2D eigenvalue weighted by atomic mass is 9.95. The third kappa shape index (κ3) is 4.05. The molecule has 1 aromatic rings. The standard InChI is InChI=1S/C14H20O2/c1-3-4-5-13(11-15)10-12-6-8-14(16-2)9-7-12/h6-9,11,13H,3-5,10H2,1-2H3. The van der Waals surface area contributed by atoms with E-state index >= 15 is 0 Å². The van der Waals surface area contributed by atoms with Crippen LogP contribution in [0.3, 0.4) is 0 Å². The van der Waals surface area contributed by atoms with Crippen LogP contribution in [-0.2, 0) is 11.2 Å². The highest BCUT2D eigenvalue weighted by molar-refractivity contribution is 5.54. The van der Waals surface area contributed by atoms with E-state index in [1.54, 1.807) is 7.11 Å². The molecule has 0 aliphatic carbocycles. The molecule has 0 aliphatic heterocycles. The minimum absolute atomic E-state index is 0.161. The first-order valence-electron chi connectivity index (χ1n) is 5.88. The summed E-state index contributed by atoms with van der Waals surface area (Å²) < 4.78 is 5.10. The molecule has 0 heterocycles. The van der Waals surface area contributed by atoms with Crippen molar-refractivity contribution in [3.05, 3.63) is 29.8 Å². The van der Waals surface area contributed by atoms with E-state index in [0.29, 0.717) is 0 Å². The highest BCUT2D eigenvalue weighted by Gasteiger charge is 2.07. The Kier molecular flexibility index (Phi) is 5.62. The number of benzene rings is 1. The van der Waals surface area contributed by atoms with Gasteiger partial charge >= 0.3 is 0 Å². The zero-order chi connectivity index (χ0) is 11.8. The average molecular weight is 220 g/mol. The molecule has 1 aromatic carbocycles. The maximum absolute atomic E-state index is 10.9. The van der Waals surface area contributed by atoms with Crippen LogP contribution < -0.4 is 4.74 Å². The summed E-state index contributed by atoms with van der Waals surface area (Å²) in [6.07, 6.45) is 5.19. The van der Waals surface area contributed by atoms with Gasteiger partial charge in [-0.1, -0.05) is 31.9 Å². The first kappa shape index (κ1) is 12.8. The largest absolute Gasteiger partial charge is 0.497 e. The van der Waals surface area contributed by atoms with Gasteiger partial charge in [0.05, 0.1) is 7.11 Å². The van der Waals surface area contributed by atoms with Gasteiger partial charge in [-0.15, -0.1) is 0 Å². The van der Waals surface area contributed by atoms with Crippen LogP contribution in [0.4, 0.5) is 0 Å². The molecule has 0 aromatic heterocycles. The Morgan fingerprint density at radius 3 is 2.50 bits per heavy atom. The van der Waals surface area contributed by atoms with Crippen molar-refractivity contribution in [1.29, 1.82) is 0 Å². The predicted molar refractivity (Wildman–Crippen MR) is 65.8 cm³/mol. The summed E-state index contributed by atoms with van der Waals surface area (Å²) in [4.78, 5) is 10.9. The molecule has 0 fully saturated rings. The summed E-state index contributed by atoms with van der Waals surface area (Å²) in [5.74, 6) is 1.02. The van der Waals surface area contributed by atoms with Gasteiger partial charge in [0.1, 0.15) is 12.0 Å². The Hall–Kier alpha value is -1.31. The molecular formula is C14H20O2. The molecule has 0 amide bonds. The maximum atomic E-state index is 10.9. The number of rotatable bonds is 7. The fourth-order valence-electron chi connectivity index (χ4n) is 1.75. The van der Waals surface area contributed by atoms with Gasteiger partial charge in [-0.3, -0.25) is 0 Å². The van der Waals surface area contributed by atoms with Crippen molar-refractivity contribution in [1.82, 2.24) is 0 Å². The molecule has 88 valence electrons. The summed E-state index contributed by atoms with van der Waals surface area (Å²) in [5.41, 5.74) is 1.20. The number of aldehydes is 1. The summed E-state index contributed by atoms with van der Waals surface area (Å²) in [6.45, 7) is 2.15. The quantitative estimate of drug-likeness (QED) is 0.659. The van der Waals surface area contributed by atoms with Crippen LogP contribution in [0.1, 0.15) is 31.7 Å². The second-order valence-corrected chi connectivity index (χ2v) is 4.09. The molecule has 0 saturated carbocycles. The van der Waals surface area contributed by atoms with Gasteiger partial charge in [-0.05, 0) is 30.5 Å². The highest BCUT2D eigenvalue weighted by atomic mass is 16.5. The molecule has 16 heavy (non-hydrogen) atoms. The zero-order valence-electron chi connectivity index (χ0n) is 10.1. The van der Waals surface area contributed by atoms with E-state index < -0.39 is 0 Å². The third-order valence-electron chi connectivity index (χ3n) is 2.78. The molecule has 2 nitrogen and oxygen atoms in total. The molecule has 0 radical (unpaired) electrons. The van der Waals surface area contributed by atoms with Gasteiger partial charge in [0.15, 0.2) is 0 Å². The monoisotopic (exact) mass is 220 g/mol. The molecule has 0 spiro atoms. The molecule has 0 bridgehead atoms. The second kappa shape index (κ2) is 7.04. The summed E-state index contributed by atoms with van der Waals surface area (Å²) in [6, 6.07) is 7.94. The van der Waals surface area contributed by atoms with Crippen LogP contribution in [0.2, 0.25) is 0 Å². The first-order valence-corrected chi connectivity index (χ1v) is 5.88. The van der Waals surface area contributed by atoms with Crippen molar-refractivity contribution in [3.8, 4) is 5.75 Å². The average Bonchev–Trinajstić information content (AvgIpc) is 2.35. The lowest BCUT2D eigenvalue weighted by Crippen LogP contribution is -2.06.